The Morgan fingerprint density at radius 1 is 0.145 bits per heavy atom. The van der Waals surface area contributed by atoms with Crippen molar-refractivity contribution in [2.75, 3.05) is 58.7 Å². The van der Waals surface area contributed by atoms with Crippen LogP contribution in [0.4, 0.5) is 4.79 Å². The summed E-state index contributed by atoms with van der Waals surface area (Å²) in [6.07, 6.45) is 96.9. The maximum absolute atomic E-state index is 8.44. The average Bonchev–Trinajstić information content (AvgIpc) is 1.65. The zero-order chi connectivity index (χ0) is 97.6. The van der Waals surface area contributed by atoms with Gasteiger partial charge in [-0.1, -0.05) is 0 Å². The molecule has 24 aromatic heterocycles. The first-order valence-corrected chi connectivity index (χ1v) is 53.8. The van der Waals surface area contributed by atoms with Crippen LogP contribution in [0.5, 0.6) is 0 Å². The first-order valence-electron chi connectivity index (χ1n) is 45.8. The summed E-state index contributed by atoms with van der Waals surface area (Å²) in [6, 6.07) is 98.0. The second-order valence-corrected chi connectivity index (χ2v) is 44.6. The van der Waals surface area contributed by atoms with Gasteiger partial charge < -0.3 is 15.0 Å². The molecule has 1 N–H and O–H groups in total. The van der Waals surface area contributed by atoms with E-state index in [1.54, 1.807) is 0 Å². The molecule has 0 bridgehead atoms. The summed E-state index contributed by atoms with van der Waals surface area (Å²) < 4.78 is 83.3. The number of hydrogen-bond acceptors (Lipinski definition) is 6. The van der Waals surface area contributed by atoms with E-state index in [1.807, 2.05) is 291 Å². The summed E-state index contributed by atoms with van der Waals surface area (Å²) in [5.74, 6) is 0. The lowest BCUT2D eigenvalue weighted by Crippen LogP contribution is -2.57. The number of aromatic nitrogens is 24. The van der Waals surface area contributed by atoms with Gasteiger partial charge in [0.25, 0.3) is 0 Å². The molecule has 0 spiro atoms. The normalized spacial score (nSPS) is 11.8. The lowest BCUT2D eigenvalue weighted by atomic mass is 10.7. The molecule has 0 aliphatic heterocycles. The lowest BCUT2D eigenvalue weighted by molar-refractivity contribution is -0.275. The van der Waals surface area contributed by atoms with Crippen molar-refractivity contribution in [3.05, 3.63) is 589 Å². The van der Waals surface area contributed by atoms with E-state index in [2.05, 4.69) is 468 Å². The quantitative estimate of drug-likeness (QED) is 0.0350. The lowest BCUT2D eigenvalue weighted by Gasteiger charge is -2.51. The van der Waals surface area contributed by atoms with E-state index < -0.39 is 44.0 Å². The number of rotatable bonds is 40. The monoisotopic (exact) mass is 2020 g/mol. The third-order valence-corrected chi connectivity index (χ3v) is 41.3. The molecule has 24 aromatic rings. The fourth-order valence-electron chi connectivity index (χ4n) is 17.5. The van der Waals surface area contributed by atoms with Crippen molar-refractivity contribution in [3.8, 4) is 0 Å². The van der Waals surface area contributed by atoms with Gasteiger partial charge in [0.15, 0.2) is 0 Å². The minimum atomic E-state index is -6.19. The van der Waals surface area contributed by atoms with Crippen molar-refractivity contribution < 1.29 is 15.0 Å². The van der Waals surface area contributed by atoms with Crippen LogP contribution in [0.3, 0.4) is 0 Å². The van der Waals surface area contributed by atoms with Gasteiger partial charge in [-0.25, -0.2) is 112 Å². The highest BCUT2D eigenvalue weighted by Gasteiger charge is 2.68. The van der Waals surface area contributed by atoms with Crippen LogP contribution >= 0.6 is 37.9 Å². The van der Waals surface area contributed by atoms with E-state index in [4.69, 9.17) is 33.1 Å². The van der Waals surface area contributed by atoms with Gasteiger partial charge in [-0.15, -0.1) is 58.7 Å². The molecule has 0 aliphatic carbocycles. The van der Waals surface area contributed by atoms with Crippen molar-refractivity contribution in [2.24, 2.45) is 18.1 Å². The van der Waals surface area contributed by atoms with E-state index in [9.17, 15) is 0 Å². The van der Waals surface area contributed by atoms with Crippen LogP contribution in [-0.2, 0) is 0 Å². The summed E-state index contributed by atoms with van der Waals surface area (Å²) >= 11 is 0. The van der Waals surface area contributed by atoms with Crippen LogP contribution < -0.4 is 63.8 Å². The summed E-state index contributed by atoms with van der Waals surface area (Å²) in [5.41, 5.74) is 0. The van der Waals surface area contributed by atoms with Gasteiger partial charge in [0.2, 0.25) is 6.16 Å². The first kappa shape index (κ1) is 89.8. The van der Waals surface area contributed by atoms with E-state index in [0.29, 0.717) is 0 Å². The topological polar surface area (TPSA) is 267 Å². The molecule has 0 saturated carbocycles. The largest absolute Gasteiger partial charge is 0.565 e. The van der Waals surface area contributed by atoms with Crippen molar-refractivity contribution in [1.82, 2.24) is 112 Å². The van der Waals surface area contributed by atoms with Gasteiger partial charge in [0.05, 0.1) is 0 Å². The summed E-state index contributed by atoms with van der Waals surface area (Å²) in [4.78, 5) is 35.3. The highest BCUT2D eigenvalue weighted by atomic mass is 31.3. The number of hydrogen-bond donors (Lipinski definition) is 1. The van der Waals surface area contributed by atoms with Gasteiger partial charge in [0.1, 0.15) is 0 Å². The van der Waals surface area contributed by atoms with E-state index >= 15 is 0 Å². The minimum Gasteiger partial charge on any atom is -0.565 e. The van der Waals surface area contributed by atoms with Crippen LogP contribution in [0.1, 0.15) is 0 Å². The van der Waals surface area contributed by atoms with Crippen LogP contribution in [0.2, 0.25) is 0 Å². The van der Waals surface area contributed by atoms with E-state index in [0.717, 1.165) is 0 Å². The Morgan fingerprint density at radius 2 is 0.193 bits per heavy atom. The number of carboxylic acid groups (broad SMARTS) is 2. The molecule has 0 radical (unpaired) electrons. The molecule has 24 heterocycles. The zero-order valence-electron chi connectivity index (χ0n) is 77.3. The van der Waals surface area contributed by atoms with Gasteiger partial charge in [-0.3, -0.25) is 0 Å². The molecule has 24 rings (SSSR count). The van der Waals surface area contributed by atoms with Gasteiger partial charge in [-0.2, -0.15) is 0 Å². The molecule has 43 nitrogen and oxygen atoms in total. The summed E-state index contributed by atoms with van der Waals surface area (Å²) in [6.45, 7) is 0. The molecule has 728 valence electrons. The zero-order valence-corrected chi connectivity index (χ0v) is 81.8. The maximum Gasteiger partial charge on any atom is 0.510 e. The molecular formula is C97H97N40O3P5. The smallest absolute Gasteiger partial charge is 0.510 e. The van der Waals surface area contributed by atoms with Crippen LogP contribution in [-0.4, -0.2) is 123 Å². The molecule has 145 heavy (non-hydrogen) atoms. The van der Waals surface area contributed by atoms with E-state index in [-0.39, 0.29) is 0 Å². The first-order chi connectivity index (χ1) is 71.6. The molecule has 0 saturated heterocycles. The fourth-order valence-corrected chi connectivity index (χ4v) is 40.1. The highest BCUT2D eigenvalue weighted by molar-refractivity contribution is 7.92. The highest BCUT2D eigenvalue weighted by Crippen LogP contribution is 2.87. The van der Waals surface area contributed by atoms with Crippen molar-refractivity contribution in [3.63, 3.8) is 0 Å². The Hall–Kier alpha value is -19.1. The molecule has 0 atom stereocenters. The Bertz CT molecular complexity index is 6030. The third kappa shape index (κ3) is 16.2. The van der Waals surface area contributed by atoms with Gasteiger partial charge in [0, 0.05) is 316 Å². The number of carbonyl (C=O) groups is 1. The van der Waals surface area contributed by atoms with Crippen LogP contribution in [0, 0.1) is 0 Å². The summed E-state index contributed by atoms with van der Waals surface area (Å²) in [7, 11) is -27.2. The second kappa shape index (κ2) is 39.0. The summed E-state index contributed by atoms with van der Waals surface area (Å²) in [5, 5.41) is 15.3. The van der Waals surface area contributed by atoms with Crippen LogP contribution in [0.15, 0.2) is 607 Å². The van der Waals surface area contributed by atoms with Crippen molar-refractivity contribution >= 4 is 44.0 Å². The number of nitrogens with zero attached hydrogens (tertiary/aromatic N) is 40. The Labute approximate surface area is 831 Å². The van der Waals surface area contributed by atoms with E-state index in [1.165, 1.54) is 0 Å². The SMILES string of the molecule is O=C([O-])O.c1ccn(N(n2cccc2)P(=N[P+](N=P(N(n2cccc2)n2cccc2)(N(n2cccc2)n2cccc2)N(n2cccc2)n2cccc2)(N=P(N(n2cccc2)n2cccc2)(N(n2cccc2)n2cccc2)N(n2cccc2)n2cccc2)N=P(N(n2cccc2)n2cccc2)(N(n2cccc2)n2cccc2)N(n2cccc2)n2cccc2)(N(n2cccc2)n2cccc2)N(n2cccc2)n2cccc2)c1. The van der Waals surface area contributed by atoms with Gasteiger partial charge in [-0.05, 0) is 291 Å². The predicted molar refractivity (Wildman–Crippen MR) is 562 cm³/mol. The molecule has 48 heteroatoms. The Balaban J connectivity index is 0.00000285. The second-order valence-electron chi connectivity index (χ2n) is 32.0. The third-order valence-electron chi connectivity index (χ3n) is 22.9. The average molecular weight is 2030 g/mol. The predicted octanol–water partition coefficient (Wildman–Crippen LogP) is 17.8. The van der Waals surface area contributed by atoms with Crippen LogP contribution in [0.25, 0.3) is 0 Å². The minimum absolute atomic E-state index is 2.04. The standard InChI is InChI=1S/C96H96N40P5.CH2O3/c1-2-50-101(49-1)125(102-51-3-4-52-102)138(126(103-53-5-6-54-103)104-55-7-8-56-104,127(105-57-9-10-58-105)106-59-11-12-60-106)97-137(98-139(128(107-61-13-14-62-107)108-63-15-16-64-108,129(109-65-17-18-66-109)110-67-19-20-68-110)130(111-69-21-22-70-111)112-71-23-24-72-112,99-140(131(113-73-25-26-74-113)114-75-27-28-76-114,132(115-77-29-30-78-115)116-79-31-32-80-116)133(117-81-33-34-82-117)118-83-35-36-84-118)100-141(134(119-85-37-38-86-119)120-87-39-40-88-120,135(121-89-41-42-90-121)122-91-43-44-92-122)136(123-93-45-46-94-123)124-95-47-48-96-124;2-1(3)4/h1-96H;(H2,2,3,4)/q+1;/p-1. The fraction of sp³-hybridized carbons (Fsp3) is 0. The van der Waals surface area contributed by atoms with Gasteiger partial charge >= 0.3 is 37.9 Å². The molecule has 0 aliphatic rings. The van der Waals surface area contributed by atoms with Crippen molar-refractivity contribution in [1.29, 1.82) is 0 Å². The maximum atomic E-state index is 8.44. The molecule has 0 fully saturated rings. The van der Waals surface area contributed by atoms with Crippen molar-refractivity contribution in [2.45, 2.75) is 0 Å². The molecule has 0 amide bonds. The molecule has 0 aromatic carbocycles. The Morgan fingerprint density at radius 3 is 0.241 bits per heavy atom. The molecule has 0 unspecified atom stereocenters. The molecular weight excluding hydrogens is 1930 g/mol. The Kier molecular flexibility index (Phi) is 24.1.